The minimum atomic E-state index is -4.48. The molecular weight excluding hydrogens is 533 g/mol. The van der Waals surface area contributed by atoms with Crippen molar-refractivity contribution in [2.75, 3.05) is 36.4 Å². The Bertz CT molecular complexity index is 1280. The minimum absolute atomic E-state index is 0.0495. The molecule has 3 rings (SSSR count). The first-order valence-corrected chi connectivity index (χ1v) is 12.8. The number of urea groups is 1. The molecule has 0 bridgehead atoms. The van der Waals surface area contributed by atoms with Gasteiger partial charge in [-0.2, -0.15) is 17.5 Å². The number of sulfonamides is 1. The molecule has 1 saturated heterocycles. The Morgan fingerprint density at radius 2 is 1.61 bits per heavy atom. The summed E-state index contributed by atoms with van der Waals surface area (Å²) in [7, 11) is -3.93. The van der Waals surface area contributed by atoms with Crippen LogP contribution < -0.4 is 15.5 Å². The van der Waals surface area contributed by atoms with Crippen molar-refractivity contribution in [2.24, 2.45) is 0 Å². The summed E-state index contributed by atoms with van der Waals surface area (Å²) in [6.07, 6.45) is -5.27. The Kier molecular flexibility index (Phi) is 8.83. The Morgan fingerprint density at radius 3 is 2.16 bits per heavy atom. The van der Waals surface area contributed by atoms with E-state index in [1.165, 1.54) is 40.7 Å². The van der Waals surface area contributed by atoms with Crippen LogP contribution in [0.15, 0.2) is 53.4 Å². The summed E-state index contributed by atoms with van der Waals surface area (Å²) in [4.78, 5) is 35.6. The molecule has 4 N–H and O–H groups in total. The Morgan fingerprint density at radius 1 is 0.974 bits per heavy atom. The largest absolute Gasteiger partial charge is 0.481 e. The highest BCUT2D eigenvalue weighted by atomic mass is 32.2. The van der Waals surface area contributed by atoms with Crippen LogP contribution in [0.25, 0.3) is 0 Å². The normalized spacial score (nSPS) is 15.5. The molecule has 1 fully saturated rings. The summed E-state index contributed by atoms with van der Waals surface area (Å²) < 4.78 is 66.3. The van der Waals surface area contributed by atoms with Crippen molar-refractivity contribution in [1.82, 2.24) is 9.62 Å². The minimum Gasteiger partial charge on any atom is -0.481 e. The third-order valence-corrected chi connectivity index (χ3v) is 7.69. The molecule has 1 aliphatic heterocycles. The van der Waals surface area contributed by atoms with Gasteiger partial charge in [0.1, 0.15) is 6.04 Å². The Labute approximate surface area is 215 Å². The van der Waals surface area contributed by atoms with Gasteiger partial charge in [0.05, 0.1) is 10.5 Å². The lowest BCUT2D eigenvalue weighted by Gasteiger charge is -2.35. The highest BCUT2D eigenvalue weighted by Gasteiger charge is 2.32. The van der Waals surface area contributed by atoms with Crippen LogP contribution in [-0.4, -0.2) is 73.1 Å². The van der Waals surface area contributed by atoms with Crippen LogP contribution in [0.1, 0.15) is 18.4 Å². The summed E-state index contributed by atoms with van der Waals surface area (Å²) in [6, 6.07) is 7.60. The maximum atomic E-state index is 13.0. The van der Waals surface area contributed by atoms with E-state index in [4.69, 9.17) is 10.2 Å². The molecule has 0 spiro atoms. The molecule has 0 radical (unpaired) electrons. The fourth-order valence-electron chi connectivity index (χ4n) is 3.78. The molecular formula is C23H25F3N4O7S. The highest BCUT2D eigenvalue weighted by molar-refractivity contribution is 7.89. The van der Waals surface area contributed by atoms with Crippen molar-refractivity contribution in [3.8, 4) is 0 Å². The van der Waals surface area contributed by atoms with E-state index in [0.717, 1.165) is 12.1 Å². The second kappa shape index (κ2) is 11.7. The number of rotatable bonds is 9. The number of carbonyl (C=O) groups is 3. The van der Waals surface area contributed by atoms with E-state index in [2.05, 4.69) is 10.6 Å². The van der Waals surface area contributed by atoms with Crippen LogP contribution in [0.5, 0.6) is 0 Å². The number of benzene rings is 2. The number of alkyl halides is 3. The van der Waals surface area contributed by atoms with Gasteiger partial charge in [0.2, 0.25) is 10.0 Å². The fourth-order valence-corrected chi connectivity index (χ4v) is 5.20. The number of nitrogens with one attached hydrogen (secondary N) is 2. The van der Waals surface area contributed by atoms with Crippen molar-refractivity contribution < 1.29 is 46.2 Å². The van der Waals surface area contributed by atoms with Gasteiger partial charge in [-0.3, -0.25) is 4.79 Å². The number of amides is 2. The number of aliphatic carboxylic acids is 2. The van der Waals surface area contributed by atoms with Gasteiger partial charge in [0.15, 0.2) is 0 Å². The van der Waals surface area contributed by atoms with Gasteiger partial charge >= 0.3 is 24.1 Å². The first kappa shape index (κ1) is 28.7. The Balaban J connectivity index is 1.59. The Hall–Kier alpha value is -3.85. The van der Waals surface area contributed by atoms with Gasteiger partial charge in [0, 0.05) is 44.0 Å². The molecule has 0 unspecified atom stereocenters. The smallest absolute Gasteiger partial charge is 0.416 e. The third-order valence-electron chi connectivity index (χ3n) is 5.78. The second-order valence-corrected chi connectivity index (χ2v) is 10.3. The first-order valence-electron chi connectivity index (χ1n) is 11.3. The van der Waals surface area contributed by atoms with Crippen LogP contribution in [0.4, 0.5) is 29.3 Å². The topological polar surface area (TPSA) is 156 Å². The fraction of sp³-hybridized carbons (Fsp3) is 0.348. The van der Waals surface area contributed by atoms with E-state index in [0.29, 0.717) is 5.69 Å². The predicted octanol–water partition coefficient (Wildman–Crippen LogP) is 2.66. The van der Waals surface area contributed by atoms with Crippen LogP contribution >= 0.6 is 0 Å². The van der Waals surface area contributed by atoms with Gasteiger partial charge in [-0.1, -0.05) is 6.07 Å². The quantitative estimate of drug-likeness (QED) is 0.366. The summed E-state index contributed by atoms with van der Waals surface area (Å²) in [6.45, 7) is 0.474. The second-order valence-electron chi connectivity index (χ2n) is 8.39. The van der Waals surface area contributed by atoms with Crippen molar-refractivity contribution >= 4 is 39.4 Å². The lowest BCUT2D eigenvalue weighted by molar-refractivity contribution is -0.140. The third kappa shape index (κ3) is 7.35. The predicted molar refractivity (Wildman–Crippen MR) is 129 cm³/mol. The molecule has 1 heterocycles. The van der Waals surface area contributed by atoms with E-state index in [9.17, 15) is 36.0 Å². The number of piperazine rings is 1. The number of anilines is 2. The molecule has 0 aromatic heterocycles. The van der Waals surface area contributed by atoms with Crippen molar-refractivity contribution in [3.05, 3.63) is 54.1 Å². The maximum absolute atomic E-state index is 13.0. The maximum Gasteiger partial charge on any atom is 0.416 e. The summed E-state index contributed by atoms with van der Waals surface area (Å²) >= 11 is 0. The van der Waals surface area contributed by atoms with Gasteiger partial charge in [0.25, 0.3) is 0 Å². The molecule has 11 nitrogen and oxygen atoms in total. The average Bonchev–Trinajstić information content (AvgIpc) is 2.86. The molecule has 15 heteroatoms. The zero-order valence-corrected chi connectivity index (χ0v) is 20.6. The molecule has 2 amide bonds. The average molecular weight is 559 g/mol. The number of nitrogens with zero attached hydrogens (tertiary/aromatic N) is 2. The van der Waals surface area contributed by atoms with E-state index >= 15 is 0 Å². The summed E-state index contributed by atoms with van der Waals surface area (Å²) in [5.41, 5.74) is -0.275. The first-order chi connectivity index (χ1) is 17.8. The molecule has 0 aliphatic carbocycles. The monoisotopic (exact) mass is 558 g/mol. The molecule has 38 heavy (non-hydrogen) atoms. The van der Waals surface area contributed by atoms with E-state index in [1.807, 2.05) is 0 Å². The van der Waals surface area contributed by atoms with Crippen molar-refractivity contribution in [1.29, 1.82) is 0 Å². The molecule has 1 atom stereocenters. The van der Waals surface area contributed by atoms with Crippen molar-refractivity contribution in [3.63, 3.8) is 0 Å². The van der Waals surface area contributed by atoms with Gasteiger partial charge in [-0.25, -0.2) is 18.0 Å². The standard InChI is InChI=1S/C23H25F3N4O7S/c24-23(25,26)15-2-1-3-17(14-15)29-10-12-30(13-11-29)38(36,37)18-6-4-16(5-7-18)27-22(35)28-19(21(33)34)8-9-20(31)32/h1-7,14,19H,8-13H2,(H,31,32)(H,33,34)(H2,27,28,35)/t19-/m0/s1. The number of carboxylic acids is 2. The van der Waals surface area contributed by atoms with E-state index < -0.39 is 52.2 Å². The van der Waals surface area contributed by atoms with Crippen LogP contribution in [-0.2, 0) is 25.8 Å². The number of hydrogen-bond donors (Lipinski definition) is 4. The van der Waals surface area contributed by atoms with Gasteiger partial charge in [-0.15, -0.1) is 0 Å². The van der Waals surface area contributed by atoms with E-state index in [1.54, 1.807) is 4.90 Å². The zero-order chi connectivity index (χ0) is 28.1. The number of hydrogen-bond acceptors (Lipinski definition) is 6. The molecule has 1 aliphatic rings. The summed E-state index contributed by atoms with van der Waals surface area (Å²) in [5, 5.41) is 22.3. The number of halogens is 3. The number of carbonyl (C=O) groups excluding carboxylic acids is 1. The van der Waals surface area contributed by atoms with E-state index in [-0.39, 0.29) is 43.2 Å². The molecule has 2 aromatic rings. The van der Waals surface area contributed by atoms with Crippen LogP contribution in [0, 0.1) is 0 Å². The number of carboxylic acid groups (broad SMARTS) is 2. The SMILES string of the molecule is O=C(O)CC[C@H](NC(=O)Nc1ccc(S(=O)(=O)N2CCN(c3cccc(C(F)(F)F)c3)CC2)cc1)C(=O)O. The highest BCUT2D eigenvalue weighted by Crippen LogP contribution is 2.32. The van der Waals surface area contributed by atoms with Crippen molar-refractivity contribution in [2.45, 2.75) is 30.0 Å². The van der Waals surface area contributed by atoms with Crippen LogP contribution in [0.3, 0.4) is 0 Å². The summed E-state index contributed by atoms with van der Waals surface area (Å²) in [5.74, 6) is -2.62. The lowest BCUT2D eigenvalue weighted by atomic mass is 10.1. The molecule has 0 saturated carbocycles. The molecule has 2 aromatic carbocycles. The zero-order valence-electron chi connectivity index (χ0n) is 19.8. The molecule has 206 valence electrons. The van der Waals surface area contributed by atoms with Gasteiger partial charge < -0.3 is 25.7 Å². The van der Waals surface area contributed by atoms with Crippen LogP contribution in [0.2, 0.25) is 0 Å². The lowest BCUT2D eigenvalue weighted by Crippen LogP contribution is -2.48. The van der Waals surface area contributed by atoms with Gasteiger partial charge in [-0.05, 0) is 48.9 Å².